The molecule has 18 heavy (non-hydrogen) atoms. The Bertz CT molecular complexity index is 350. The van der Waals surface area contributed by atoms with Crippen LogP contribution in [0.2, 0.25) is 0 Å². The normalized spacial score (nSPS) is 27.1. The van der Waals surface area contributed by atoms with Gasteiger partial charge in [-0.05, 0) is 44.1 Å². The van der Waals surface area contributed by atoms with Gasteiger partial charge in [0.2, 0.25) is 10.0 Å². The van der Waals surface area contributed by atoms with Gasteiger partial charge in [-0.15, -0.1) is 0 Å². The van der Waals surface area contributed by atoms with Gasteiger partial charge in [-0.2, -0.15) is 0 Å². The molecule has 0 aromatic heterocycles. The zero-order chi connectivity index (χ0) is 13.0. The average Bonchev–Trinajstić information content (AvgIpc) is 2.27. The topological polar surface area (TPSA) is 63.4 Å². The molecule has 2 N–H and O–H groups in total. The van der Waals surface area contributed by atoms with Gasteiger partial charge in [-0.25, -0.2) is 12.7 Å². The summed E-state index contributed by atoms with van der Waals surface area (Å²) in [6.45, 7) is 2.08. The molecule has 0 radical (unpaired) electrons. The Kier molecular flexibility index (Phi) is 5.04. The van der Waals surface area contributed by atoms with Gasteiger partial charge in [0.25, 0.3) is 0 Å². The summed E-state index contributed by atoms with van der Waals surface area (Å²) in [5, 5.41) is 0. The standard InChI is InChI=1S/C13H26N2O2S/c14-8-6-13-5-2-9-15(11-13)18(16,17)10-7-12-3-1-4-12/h12-13H,1-11,14H2. The number of piperidine rings is 1. The zero-order valence-corrected chi connectivity index (χ0v) is 12.0. The Morgan fingerprint density at radius 1 is 1.06 bits per heavy atom. The average molecular weight is 274 g/mol. The van der Waals surface area contributed by atoms with Gasteiger partial charge in [0.15, 0.2) is 0 Å². The number of nitrogens with zero attached hydrogens (tertiary/aromatic N) is 1. The molecule has 1 heterocycles. The van der Waals surface area contributed by atoms with Crippen LogP contribution < -0.4 is 5.73 Å². The molecule has 0 spiro atoms. The molecule has 2 aliphatic rings. The monoisotopic (exact) mass is 274 g/mol. The van der Waals surface area contributed by atoms with Crippen molar-refractivity contribution in [2.24, 2.45) is 17.6 Å². The second-order valence-electron chi connectivity index (χ2n) is 5.85. The molecule has 4 nitrogen and oxygen atoms in total. The van der Waals surface area contributed by atoms with E-state index in [-0.39, 0.29) is 0 Å². The van der Waals surface area contributed by atoms with Crippen LogP contribution in [0.5, 0.6) is 0 Å². The molecule has 0 bridgehead atoms. The smallest absolute Gasteiger partial charge is 0.214 e. The van der Waals surface area contributed by atoms with E-state index in [2.05, 4.69) is 0 Å². The van der Waals surface area contributed by atoms with Crippen LogP contribution in [0.1, 0.15) is 44.9 Å². The summed E-state index contributed by atoms with van der Waals surface area (Å²) in [6, 6.07) is 0. The quantitative estimate of drug-likeness (QED) is 0.799. The number of hydrogen-bond acceptors (Lipinski definition) is 3. The first-order valence-electron chi connectivity index (χ1n) is 7.29. The second-order valence-corrected chi connectivity index (χ2v) is 7.93. The minimum Gasteiger partial charge on any atom is -0.330 e. The summed E-state index contributed by atoms with van der Waals surface area (Å²) >= 11 is 0. The van der Waals surface area contributed by atoms with Crippen molar-refractivity contribution in [2.45, 2.75) is 44.9 Å². The molecule has 2 fully saturated rings. The van der Waals surface area contributed by atoms with Crippen molar-refractivity contribution in [3.63, 3.8) is 0 Å². The maximum absolute atomic E-state index is 12.3. The van der Waals surface area contributed by atoms with Crippen molar-refractivity contribution >= 4 is 10.0 Å². The van der Waals surface area contributed by atoms with Crippen LogP contribution in [-0.2, 0) is 10.0 Å². The van der Waals surface area contributed by atoms with Crippen molar-refractivity contribution < 1.29 is 8.42 Å². The maximum atomic E-state index is 12.3. The van der Waals surface area contributed by atoms with E-state index in [1.165, 1.54) is 19.3 Å². The largest absolute Gasteiger partial charge is 0.330 e. The SMILES string of the molecule is NCCC1CCCN(S(=O)(=O)CCC2CCC2)C1. The molecule has 1 aliphatic heterocycles. The van der Waals surface area contributed by atoms with E-state index in [1.54, 1.807) is 4.31 Å². The van der Waals surface area contributed by atoms with Crippen LogP contribution in [0.25, 0.3) is 0 Å². The second kappa shape index (κ2) is 6.35. The Morgan fingerprint density at radius 2 is 1.78 bits per heavy atom. The van der Waals surface area contributed by atoms with Gasteiger partial charge in [0, 0.05) is 13.1 Å². The third-order valence-corrected chi connectivity index (χ3v) is 6.33. The van der Waals surface area contributed by atoms with E-state index < -0.39 is 10.0 Å². The molecular weight excluding hydrogens is 248 g/mol. The van der Waals surface area contributed by atoms with E-state index in [0.717, 1.165) is 25.7 Å². The Labute approximate surface area is 111 Å². The fraction of sp³-hybridized carbons (Fsp3) is 1.00. The van der Waals surface area contributed by atoms with Crippen LogP contribution >= 0.6 is 0 Å². The van der Waals surface area contributed by atoms with Crippen LogP contribution in [0, 0.1) is 11.8 Å². The number of sulfonamides is 1. The molecular formula is C13H26N2O2S. The van der Waals surface area contributed by atoms with E-state index >= 15 is 0 Å². The summed E-state index contributed by atoms with van der Waals surface area (Å²) in [7, 11) is -3.01. The third kappa shape index (κ3) is 3.68. The number of rotatable bonds is 6. The summed E-state index contributed by atoms with van der Waals surface area (Å²) in [5.41, 5.74) is 5.57. The van der Waals surface area contributed by atoms with Crippen molar-refractivity contribution in [1.29, 1.82) is 0 Å². The maximum Gasteiger partial charge on any atom is 0.214 e. The molecule has 0 aromatic rings. The van der Waals surface area contributed by atoms with Crippen molar-refractivity contribution in [1.82, 2.24) is 4.31 Å². The van der Waals surface area contributed by atoms with Gasteiger partial charge in [-0.1, -0.05) is 19.3 Å². The predicted octanol–water partition coefficient (Wildman–Crippen LogP) is 1.57. The lowest BCUT2D eigenvalue weighted by atomic mass is 9.84. The van der Waals surface area contributed by atoms with Gasteiger partial charge in [0.05, 0.1) is 5.75 Å². The molecule has 1 aliphatic carbocycles. The molecule has 1 atom stereocenters. The first kappa shape index (κ1) is 14.3. The Hall–Kier alpha value is -0.130. The van der Waals surface area contributed by atoms with Gasteiger partial charge in [0.1, 0.15) is 0 Å². The van der Waals surface area contributed by atoms with Crippen molar-refractivity contribution in [2.75, 3.05) is 25.4 Å². The van der Waals surface area contributed by atoms with Gasteiger partial charge < -0.3 is 5.73 Å². The lowest BCUT2D eigenvalue weighted by Crippen LogP contribution is -2.41. The van der Waals surface area contributed by atoms with E-state index in [1.807, 2.05) is 0 Å². The lowest BCUT2D eigenvalue weighted by Gasteiger charge is -2.33. The highest BCUT2D eigenvalue weighted by atomic mass is 32.2. The molecule has 5 heteroatoms. The molecule has 1 unspecified atom stereocenters. The number of hydrogen-bond donors (Lipinski definition) is 1. The molecule has 2 rings (SSSR count). The first-order valence-corrected chi connectivity index (χ1v) is 8.90. The zero-order valence-electron chi connectivity index (χ0n) is 11.2. The van der Waals surface area contributed by atoms with Gasteiger partial charge in [-0.3, -0.25) is 0 Å². The highest BCUT2D eigenvalue weighted by Gasteiger charge is 2.29. The highest BCUT2D eigenvalue weighted by molar-refractivity contribution is 7.89. The van der Waals surface area contributed by atoms with E-state index in [0.29, 0.717) is 37.2 Å². The van der Waals surface area contributed by atoms with Crippen LogP contribution in [-0.4, -0.2) is 38.1 Å². The molecule has 1 saturated heterocycles. The minimum atomic E-state index is -3.01. The van der Waals surface area contributed by atoms with Crippen molar-refractivity contribution in [3.8, 4) is 0 Å². The van der Waals surface area contributed by atoms with E-state index in [9.17, 15) is 8.42 Å². The molecule has 1 saturated carbocycles. The first-order chi connectivity index (χ1) is 8.62. The Morgan fingerprint density at radius 3 is 2.39 bits per heavy atom. The summed E-state index contributed by atoms with van der Waals surface area (Å²) < 4.78 is 26.3. The van der Waals surface area contributed by atoms with Crippen LogP contribution in [0.15, 0.2) is 0 Å². The highest BCUT2D eigenvalue weighted by Crippen LogP contribution is 2.30. The fourth-order valence-electron chi connectivity index (χ4n) is 2.98. The van der Waals surface area contributed by atoms with Crippen LogP contribution in [0.3, 0.4) is 0 Å². The predicted molar refractivity (Wildman–Crippen MR) is 73.7 cm³/mol. The third-order valence-electron chi connectivity index (χ3n) is 4.46. The van der Waals surface area contributed by atoms with Gasteiger partial charge >= 0.3 is 0 Å². The fourth-order valence-corrected chi connectivity index (χ4v) is 4.71. The molecule has 0 amide bonds. The van der Waals surface area contributed by atoms with Crippen molar-refractivity contribution in [3.05, 3.63) is 0 Å². The summed E-state index contributed by atoms with van der Waals surface area (Å²) in [5.74, 6) is 1.50. The lowest BCUT2D eigenvalue weighted by molar-refractivity contribution is 0.255. The Balaban J connectivity index is 1.83. The van der Waals surface area contributed by atoms with Crippen LogP contribution in [0.4, 0.5) is 0 Å². The molecule has 0 aromatic carbocycles. The molecule has 106 valence electrons. The van der Waals surface area contributed by atoms with E-state index in [4.69, 9.17) is 5.73 Å². The number of nitrogens with two attached hydrogens (primary N) is 1. The minimum absolute atomic E-state index is 0.354. The summed E-state index contributed by atoms with van der Waals surface area (Å²) in [6.07, 6.45) is 7.68. The summed E-state index contributed by atoms with van der Waals surface area (Å²) in [4.78, 5) is 0.